The highest BCUT2D eigenvalue weighted by atomic mass is 16.5. The summed E-state index contributed by atoms with van der Waals surface area (Å²) in [6, 6.07) is 3.70. The average molecular weight is 290 g/mol. The molecular weight excluding hydrogens is 264 g/mol. The predicted molar refractivity (Wildman–Crippen MR) is 85.1 cm³/mol. The third-order valence-corrected chi connectivity index (χ3v) is 3.12. The maximum atomic E-state index is 11.8. The van der Waals surface area contributed by atoms with Gasteiger partial charge in [0.05, 0.1) is 12.3 Å². The monoisotopic (exact) mass is 290 g/mol. The quantitative estimate of drug-likeness (QED) is 0.683. The van der Waals surface area contributed by atoms with Crippen LogP contribution in [0.2, 0.25) is 0 Å². The molecule has 0 aliphatic heterocycles. The van der Waals surface area contributed by atoms with E-state index in [-0.39, 0.29) is 23.1 Å². The smallest absolute Gasteiger partial charge is 0.356 e. The first-order valence-electron chi connectivity index (χ1n) is 7.26. The fourth-order valence-corrected chi connectivity index (χ4v) is 1.96. The summed E-state index contributed by atoms with van der Waals surface area (Å²) in [6.45, 7) is 14.4. The molecule has 1 N–H and O–H groups in total. The van der Waals surface area contributed by atoms with Crippen LogP contribution in [0.5, 0.6) is 0 Å². The van der Waals surface area contributed by atoms with E-state index in [1.54, 1.807) is 6.92 Å². The second-order valence-corrected chi connectivity index (χ2v) is 7.19. The Kier molecular flexibility index (Phi) is 4.92. The molecule has 0 aliphatic rings. The molecule has 116 valence electrons. The number of carbonyl (C=O) groups excluding carboxylic acids is 1. The minimum atomic E-state index is -0.603. The van der Waals surface area contributed by atoms with Crippen LogP contribution in [0.4, 0.5) is 0 Å². The molecule has 0 fully saturated rings. The molecule has 0 saturated heterocycles. The molecule has 0 saturated carbocycles. The minimum absolute atomic E-state index is 0.0787. The summed E-state index contributed by atoms with van der Waals surface area (Å²) in [6.07, 6.45) is 0. The first kappa shape index (κ1) is 17.3. The molecule has 1 rings (SSSR count). The Morgan fingerprint density at radius 2 is 1.71 bits per heavy atom. The van der Waals surface area contributed by atoms with E-state index in [1.165, 1.54) is 0 Å². The molecular formula is C17H26N2O2. The molecule has 0 radical (unpaired) electrons. The average Bonchev–Trinajstić information content (AvgIpc) is 2.35. The third kappa shape index (κ3) is 4.13. The molecule has 4 nitrogen and oxygen atoms in total. The van der Waals surface area contributed by atoms with Crippen LogP contribution in [0.1, 0.15) is 65.4 Å². The molecule has 0 amide bonds. The Hall–Kier alpha value is -1.71. The van der Waals surface area contributed by atoms with E-state index in [9.17, 15) is 4.79 Å². The number of pyridine rings is 1. The number of esters is 1. The van der Waals surface area contributed by atoms with Crippen LogP contribution in [0.25, 0.3) is 0 Å². The highest BCUT2D eigenvalue weighted by Crippen LogP contribution is 2.28. The molecule has 1 aromatic heterocycles. The Morgan fingerprint density at radius 3 is 2.14 bits per heavy atom. The zero-order valence-corrected chi connectivity index (χ0v) is 14.1. The van der Waals surface area contributed by atoms with Crippen LogP contribution >= 0.6 is 0 Å². The van der Waals surface area contributed by atoms with Crippen LogP contribution in [-0.2, 0) is 20.4 Å². The lowest BCUT2D eigenvalue weighted by molar-refractivity contribution is -0.135. The number of nitrogens with zero attached hydrogens (tertiary/aromatic N) is 1. The molecule has 0 unspecified atom stereocenters. The Bertz CT molecular complexity index is 549. The maximum Gasteiger partial charge on any atom is 0.356 e. The van der Waals surface area contributed by atoms with Gasteiger partial charge in [0.1, 0.15) is 5.71 Å². The lowest BCUT2D eigenvalue weighted by Crippen LogP contribution is -2.26. The second kappa shape index (κ2) is 5.96. The van der Waals surface area contributed by atoms with Crippen LogP contribution in [0.15, 0.2) is 12.1 Å². The molecule has 0 aliphatic carbocycles. The van der Waals surface area contributed by atoms with E-state index in [0.717, 1.165) is 11.4 Å². The largest absolute Gasteiger partial charge is 0.461 e. The van der Waals surface area contributed by atoms with E-state index in [4.69, 9.17) is 15.1 Å². The van der Waals surface area contributed by atoms with Gasteiger partial charge in [-0.1, -0.05) is 41.5 Å². The summed E-state index contributed by atoms with van der Waals surface area (Å²) in [5.41, 5.74) is 1.80. The Labute approximate surface area is 127 Å². The number of hydrogen-bond acceptors (Lipinski definition) is 4. The maximum absolute atomic E-state index is 11.8. The van der Waals surface area contributed by atoms with Crippen molar-refractivity contribution < 1.29 is 9.53 Å². The summed E-state index contributed by atoms with van der Waals surface area (Å²) >= 11 is 0. The standard InChI is InChI=1S/C17H26N2O2/c1-8-21-15(20)13(18)11-9-10-12(16(2,3)4)19-14(11)17(5,6)7/h9-10,18H,8H2,1-7H3. The van der Waals surface area contributed by atoms with Crippen molar-refractivity contribution >= 4 is 11.7 Å². The number of rotatable bonds is 3. The topological polar surface area (TPSA) is 63.0 Å². The van der Waals surface area contributed by atoms with Crippen LogP contribution in [0, 0.1) is 5.41 Å². The minimum Gasteiger partial charge on any atom is -0.461 e. The van der Waals surface area contributed by atoms with Crippen LogP contribution in [0.3, 0.4) is 0 Å². The van der Waals surface area contributed by atoms with E-state index in [1.807, 2.05) is 32.9 Å². The zero-order valence-electron chi connectivity index (χ0n) is 14.1. The number of nitrogens with one attached hydrogen (secondary N) is 1. The van der Waals surface area contributed by atoms with E-state index in [0.29, 0.717) is 5.56 Å². The van der Waals surface area contributed by atoms with E-state index < -0.39 is 5.97 Å². The van der Waals surface area contributed by atoms with Gasteiger partial charge < -0.3 is 4.74 Å². The van der Waals surface area contributed by atoms with Crippen molar-refractivity contribution in [3.63, 3.8) is 0 Å². The van der Waals surface area contributed by atoms with Crippen molar-refractivity contribution in [3.8, 4) is 0 Å². The lowest BCUT2D eigenvalue weighted by atomic mass is 9.84. The molecule has 0 atom stereocenters. The molecule has 21 heavy (non-hydrogen) atoms. The van der Waals surface area contributed by atoms with Gasteiger partial charge in [0, 0.05) is 22.1 Å². The third-order valence-electron chi connectivity index (χ3n) is 3.12. The van der Waals surface area contributed by atoms with Crippen LogP contribution < -0.4 is 0 Å². The van der Waals surface area contributed by atoms with E-state index in [2.05, 4.69) is 20.8 Å². The van der Waals surface area contributed by atoms with Gasteiger partial charge in [0.15, 0.2) is 0 Å². The van der Waals surface area contributed by atoms with Gasteiger partial charge in [-0.15, -0.1) is 0 Å². The molecule has 4 heteroatoms. The molecule has 1 heterocycles. The lowest BCUT2D eigenvalue weighted by Gasteiger charge is -2.26. The van der Waals surface area contributed by atoms with Crippen molar-refractivity contribution in [1.29, 1.82) is 5.41 Å². The summed E-state index contributed by atoms with van der Waals surface area (Å²) in [5.74, 6) is -0.603. The van der Waals surface area contributed by atoms with Crippen molar-refractivity contribution in [2.45, 2.75) is 59.3 Å². The highest BCUT2D eigenvalue weighted by molar-refractivity contribution is 6.42. The number of carbonyl (C=O) groups is 1. The van der Waals surface area contributed by atoms with Crippen molar-refractivity contribution in [3.05, 3.63) is 29.1 Å². The predicted octanol–water partition coefficient (Wildman–Crippen LogP) is 3.61. The first-order chi connectivity index (χ1) is 9.48. The summed E-state index contributed by atoms with van der Waals surface area (Å²) < 4.78 is 4.93. The fourth-order valence-electron chi connectivity index (χ4n) is 1.96. The van der Waals surface area contributed by atoms with Gasteiger partial charge in [0.25, 0.3) is 0 Å². The van der Waals surface area contributed by atoms with Gasteiger partial charge in [-0.25, -0.2) is 4.79 Å². The van der Waals surface area contributed by atoms with Crippen LogP contribution in [-0.4, -0.2) is 23.3 Å². The van der Waals surface area contributed by atoms with Gasteiger partial charge >= 0.3 is 5.97 Å². The van der Waals surface area contributed by atoms with E-state index >= 15 is 0 Å². The van der Waals surface area contributed by atoms with Crippen molar-refractivity contribution in [2.24, 2.45) is 0 Å². The summed E-state index contributed by atoms with van der Waals surface area (Å²) in [4.78, 5) is 16.6. The highest BCUT2D eigenvalue weighted by Gasteiger charge is 2.27. The molecule has 0 spiro atoms. The summed E-state index contributed by atoms with van der Waals surface area (Å²) in [5, 5.41) is 8.07. The summed E-state index contributed by atoms with van der Waals surface area (Å²) in [7, 11) is 0. The SMILES string of the molecule is CCOC(=O)C(=N)c1ccc(C(C)(C)C)nc1C(C)(C)C. The molecule has 0 bridgehead atoms. The number of aromatic nitrogens is 1. The fraction of sp³-hybridized carbons (Fsp3) is 0.588. The van der Waals surface area contributed by atoms with Gasteiger partial charge in [0.2, 0.25) is 0 Å². The molecule has 0 aromatic carbocycles. The second-order valence-electron chi connectivity index (χ2n) is 7.19. The van der Waals surface area contributed by atoms with Gasteiger partial charge in [-0.3, -0.25) is 10.4 Å². The van der Waals surface area contributed by atoms with Gasteiger partial charge in [-0.2, -0.15) is 0 Å². The normalized spacial score (nSPS) is 12.1. The number of ether oxygens (including phenoxy) is 1. The van der Waals surface area contributed by atoms with Gasteiger partial charge in [-0.05, 0) is 19.1 Å². The molecule has 1 aromatic rings. The van der Waals surface area contributed by atoms with Crippen molar-refractivity contribution in [1.82, 2.24) is 4.98 Å². The number of hydrogen-bond donors (Lipinski definition) is 1. The Morgan fingerprint density at radius 1 is 1.14 bits per heavy atom. The zero-order chi connectivity index (χ0) is 16.4. The first-order valence-corrected chi connectivity index (χ1v) is 7.26. The van der Waals surface area contributed by atoms with Crippen molar-refractivity contribution in [2.75, 3.05) is 6.61 Å². The Balaban J connectivity index is 3.40.